The lowest BCUT2D eigenvalue weighted by molar-refractivity contribution is 0.292. The van der Waals surface area contributed by atoms with Crippen molar-refractivity contribution in [2.75, 3.05) is 20.6 Å². The second kappa shape index (κ2) is 4.97. The van der Waals surface area contributed by atoms with Crippen LogP contribution in [0, 0.1) is 5.92 Å². The molecule has 13 heavy (non-hydrogen) atoms. The first-order chi connectivity index (χ1) is 6.09. The second-order valence-corrected chi connectivity index (χ2v) is 4.93. The summed E-state index contributed by atoms with van der Waals surface area (Å²) in [4.78, 5) is 2.36. The van der Waals surface area contributed by atoms with Crippen molar-refractivity contribution >= 4 is 0 Å². The Morgan fingerprint density at radius 1 is 1.31 bits per heavy atom. The smallest absolute Gasteiger partial charge is 0.0105 e. The summed E-state index contributed by atoms with van der Waals surface area (Å²) >= 11 is 0. The van der Waals surface area contributed by atoms with Crippen molar-refractivity contribution in [2.24, 2.45) is 5.92 Å². The largest absolute Gasteiger partial charge is 0.314 e. The van der Waals surface area contributed by atoms with Gasteiger partial charge in [0, 0.05) is 12.1 Å². The molecule has 0 aromatic heterocycles. The summed E-state index contributed by atoms with van der Waals surface area (Å²) in [5.41, 5.74) is 0. The van der Waals surface area contributed by atoms with Crippen molar-refractivity contribution in [3.8, 4) is 0 Å². The molecule has 1 N–H and O–H groups in total. The van der Waals surface area contributed by atoms with Crippen molar-refractivity contribution < 1.29 is 0 Å². The van der Waals surface area contributed by atoms with E-state index >= 15 is 0 Å². The van der Waals surface area contributed by atoms with Gasteiger partial charge in [0.2, 0.25) is 0 Å². The maximum atomic E-state index is 3.64. The molecule has 2 heteroatoms. The van der Waals surface area contributed by atoms with Gasteiger partial charge in [-0.25, -0.2) is 0 Å². The topological polar surface area (TPSA) is 15.3 Å². The van der Waals surface area contributed by atoms with E-state index in [4.69, 9.17) is 0 Å². The molecule has 1 fully saturated rings. The highest BCUT2D eigenvalue weighted by atomic mass is 15.1. The van der Waals surface area contributed by atoms with Gasteiger partial charge in [0.15, 0.2) is 0 Å². The molecule has 0 spiro atoms. The Labute approximate surface area is 82.7 Å². The van der Waals surface area contributed by atoms with E-state index in [0.29, 0.717) is 0 Å². The standard InChI is InChI=1S/C11H24N2/c1-9(2)8-12-10-5-6-11(7-10)13(3)4/h9-12H,5-8H2,1-4H3. The van der Waals surface area contributed by atoms with Crippen LogP contribution < -0.4 is 5.32 Å². The fraction of sp³-hybridized carbons (Fsp3) is 1.00. The predicted octanol–water partition coefficient (Wildman–Crippen LogP) is 1.71. The highest BCUT2D eigenvalue weighted by Crippen LogP contribution is 2.22. The molecule has 1 aliphatic rings. The summed E-state index contributed by atoms with van der Waals surface area (Å²) in [6.07, 6.45) is 4.05. The van der Waals surface area contributed by atoms with Gasteiger partial charge in [-0.3, -0.25) is 0 Å². The highest BCUT2D eigenvalue weighted by Gasteiger charge is 2.25. The van der Waals surface area contributed by atoms with E-state index in [2.05, 4.69) is 38.2 Å². The van der Waals surface area contributed by atoms with Crippen molar-refractivity contribution in [2.45, 2.75) is 45.2 Å². The van der Waals surface area contributed by atoms with Crippen LogP contribution in [0.5, 0.6) is 0 Å². The van der Waals surface area contributed by atoms with E-state index in [1.54, 1.807) is 0 Å². The molecule has 0 amide bonds. The molecule has 0 aromatic carbocycles. The molecule has 0 bridgehead atoms. The Morgan fingerprint density at radius 3 is 2.46 bits per heavy atom. The minimum atomic E-state index is 0.773. The van der Waals surface area contributed by atoms with Crippen LogP contribution in [0.4, 0.5) is 0 Å². The van der Waals surface area contributed by atoms with Crippen molar-refractivity contribution in [3.05, 3.63) is 0 Å². The minimum Gasteiger partial charge on any atom is -0.314 e. The van der Waals surface area contributed by atoms with Gasteiger partial charge in [-0.05, 0) is 45.8 Å². The molecule has 0 aliphatic heterocycles. The minimum absolute atomic E-state index is 0.773. The monoisotopic (exact) mass is 184 g/mol. The molecule has 0 aromatic rings. The van der Waals surface area contributed by atoms with E-state index in [1.807, 2.05) is 0 Å². The van der Waals surface area contributed by atoms with E-state index in [1.165, 1.54) is 25.8 Å². The van der Waals surface area contributed by atoms with Crippen LogP contribution >= 0.6 is 0 Å². The molecular weight excluding hydrogens is 160 g/mol. The Morgan fingerprint density at radius 2 is 2.00 bits per heavy atom. The first-order valence-electron chi connectivity index (χ1n) is 5.49. The Hall–Kier alpha value is -0.0800. The van der Waals surface area contributed by atoms with E-state index < -0.39 is 0 Å². The third kappa shape index (κ3) is 3.65. The molecule has 0 heterocycles. The van der Waals surface area contributed by atoms with E-state index in [0.717, 1.165) is 18.0 Å². The molecule has 0 saturated heterocycles. The molecule has 78 valence electrons. The highest BCUT2D eigenvalue weighted by molar-refractivity contribution is 4.84. The van der Waals surface area contributed by atoms with Gasteiger partial charge in [-0.15, -0.1) is 0 Å². The summed E-state index contributed by atoms with van der Waals surface area (Å²) in [6, 6.07) is 1.58. The fourth-order valence-corrected chi connectivity index (χ4v) is 2.01. The zero-order valence-electron chi connectivity index (χ0n) is 9.51. The number of hydrogen-bond acceptors (Lipinski definition) is 2. The van der Waals surface area contributed by atoms with Gasteiger partial charge in [0.1, 0.15) is 0 Å². The van der Waals surface area contributed by atoms with Gasteiger partial charge < -0.3 is 10.2 Å². The number of nitrogens with zero attached hydrogens (tertiary/aromatic N) is 1. The summed E-state index contributed by atoms with van der Waals surface area (Å²) in [5, 5.41) is 3.64. The van der Waals surface area contributed by atoms with Crippen molar-refractivity contribution in [1.29, 1.82) is 0 Å². The molecule has 2 atom stereocenters. The quantitative estimate of drug-likeness (QED) is 0.715. The maximum Gasteiger partial charge on any atom is 0.0105 e. The van der Waals surface area contributed by atoms with Crippen LogP contribution in [0.25, 0.3) is 0 Å². The lowest BCUT2D eigenvalue weighted by Gasteiger charge is -2.19. The van der Waals surface area contributed by atoms with E-state index in [9.17, 15) is 0 Å². The summed E-state index contributed by atoms with van der Waals surface area (Å²) in [6.45, 7) is 5.71. The zero-order chi connectivity index (χ0) is 9.84. The van der Waals surface area contributed by atoms with Crippen molar-refractivity contribution in [1.82, 2.24) is 10.2 Å². The lowest BCUT2D eigenvalue weighted by Crippen LogP contribution is -2.32. The Bertz CT molecular complexity index is 143. The van der Waals surface area contributed by atoms with Crippen LogP contribution in [0.15, 0.2) is 0 Å². The number of rotatable bonds is 4. The summed E-state index contributed by atoms with van der Waals surface area (Å²) < 4.78 is 0. The Kier molecular flexibility index (Phi) is 4.20. The van der Waals surface area contributed by atoms with Gasteiger partial charge >= 0.3 is 0 Å². The van der Waals surface area contributed by atoms with Crippen LogP contribution in [-0.2, 0) is 0 Å². The molecule has 1 rings (SSSR count). The lowest BCUT2D eigenvalue weighted by atomic mass is 10.2. The van der Waals surface area contributed by atoms with Gasteiger partial charge in [-0.1, -0.05) is 13.8 Å². The number of hydrogen-bond donors (Lipinski definition) is 1. The van der Waals surface area contributed by atoms with Crippen LogP contribution in [0.3, 0.4) is 0 Å². The average Bonchev–Trinajstić information content (AvgIpc) is 2.48. The second-order valence-electron chi connectivity index (χ2n) is 4.93. The predicted molar refractivity (Wildman–Crippen MR) is 58.0 cm³/mol. The SMILES string of the molecule is CC(C)CNC1CCC(N(C)C)C1. The van der Waals surface area contributed by atoms with E-state index in [-0.39, 0.29) is 0 Å². The maximum absolute atomic E-state index is 3.64. The molecule has 1 aliphatic carbocycles. The molecule has 2 nitrogen and oxygen atoms in total. The molecule has 1 saturated carbocycles. The third-order valence-electron chi connectivity index (χ3n) is 2.95. The number of nitrogens with one attached hydrogen (secondary N) is 1. The third-order valence-corrected chi connectivity index (χ3v) is 2.95. The van der Waals surface area contributed by atoms with Gasteiger partial charge in [0.25, 0.3) is 0 Å². The van der Waals surface area contributed by atoms with Gasteiger partial charge in [-0.2, -0.15) is 0 Å². The zero-order valence-corrected chi connectivity index (χ0v) is 9.51. The first kappa shape index (κ1) is 11.0. The first-order valence-corrected chi connectivity index (χ1v) is 5.49. The molecule has 2 unspecified atom stereocenters. The Balaban J connectivity index is 2.17. The average molecular weight is 184 g/mol. The normalized spacial score (nSPS) is 29.1. The van der Waals surface area contributed by atoms with Crippen LogP contribution in [-0.4, -0.2) is 37.6 Å². The molecular formula is C11H24N2. The fourth-order valence-electron chi connectivity index (χ4n) is 2.01. The van der Waals surface area contributed by atoms with Crippen molar-refractivity contribution in [3.63, 3.8) is 0 Å². The van der Waals surface area contributed by atoms with Crippen LogP contribution in [0.2, 0.25) is 0 Å². The van der Waals surface area contributed by atoms with Crippen LogP contribution in [0.1, 0.15) is 33.1 Å². The van der Waals surface area contributed by atoms with Gasteiger partial charge in [0.05, 0.1) is 0 Å². The summed E-state index contributed by atoms with van der Waals surface area (Å²) in [7, 11) is 4.38. The summed E-state index contributed by atoms with van der Waals surface area (Å²) in [5.74, 6) is 0.776. The molecule has 0 radical (unpaired) electrons.